The highest BCUT2D eigenvalue weighted by Crippen LogP contribution is 2.31. The maximum atomic E-state index is 6.15. The van der Waals surface area contributed by atoms with Crippen molar-refractivity contribution >= 4 is 0 Å². The summed E-state index contributed by atoms with van der Waals surface area (Å²) in [5.41, 5.74) is 6.34. The number of nitrogens with one attached hydrogen (secondary N) is 1. The molecule has 0 aromatic heterocycles. The molecule has 1 unspecified atom stereocenters. The molecule has 0 spiro atoms. The molecule has 0 heterocycles. The van der Waals surface area contributed by atoms with Crippen molar-refractivity contribution in [1.29, 1.82) is 0 Å². The molecule has 2 nitrogen and oxygen atoms in total. The van der Waals surface area contributed by atoms with Crippen molar-refractivity contribution in [2.75, 3.05) is 6.54 Å². The van der Waals surface area contributed by atoms with Gasteiger partial charge in [0.25, 0.3) is 0 Å². The first-order valence-electron chi connectivity index (χ1n) is 6.18. The molecule has 0 saturated heterocycles. The van der Waals surface area contributed by atoms with Crippen LogP contribution >= 0.6 is 0 Å². The fourth-order valence-electron chi connectivity index (χ4n) is 2.06. The lowest BCUT2D eigenvalue weighted by molar-refractivity contribution is 0.226. The molecule has 1 rings (SSSR count). The normalized spacial score (nSPS) is 21.6. The molecule has 1 fully saturated rings. The largest absolute Gasteiger partial charge is 0.325 e. The molecule has 1 saturated carbocycles. The summed E-state index contributed by atoms with van der Waals surface area (Å²) >= 11 is 0. The lowest BCUT2D eigenvalue weighted by atomic mass is 9.75. The summed E-state index contributed by atoms with van der Waals surface area (Å²) in [4.78, 5) is 0. The first kappa shape index (κ1) is 12.0. The van der Waals surface area contributed by atoms with E-state index in [1.54, 1.807) is 0 Å². The van der Waals surface area contributed by atoms with Gasteiger partial charge in [-0.2, -0.15) is 0 Å². The Hall–Kier alpha value is -0.0800. The zero-order valence-electron chi connectivity index (χ0n) is 9.81. The summed E-state index contributed by atoms with van der Waals surface area (Å²) in [6, 6.07) is 0.665. The third kappa shape index (κ3) is 3.97. The molecule has 1 atom stereocenters. The molecule has 0 amide bonds. The Morgan fingerprint density at radius 3 is 2.64 bits per heavy atom. The van der Waals surface area contributed by atoms with E-state index >= 15 is 0 Å². The SMILES string of the molecule is CCCCC(C)NCCC1(N)CCC1. The second-order valence-electron chi connectivity index (χ2n) is 4.96. The van der Waals surface area contributed by atoms with Crippen LogP contribution in [0.4, 0.5) is 0 Å². The zero-order valence-corrected chi connectivity index (χ0v) is 9.81. The van der Waals surface area contributed by atoms with Gasteiger partial charge in [-0.25, -0.2) is 0 Å². The van der Waals surface area contributed by atoms with E-state index in [0.717, 1.165) is 13.0 Å². The van der Waals surface area contributed by atoms with Crippen LogP contribution in [0.2, 0.25) is 0 Å². The minimum atomic E-state index is 0.192. The van der Waals surface area contributed by atoms with Gasteiger partial charge in [-0.3, -0.25) is 0 Å². The van der Waals surface area contributed by atoms with Crippen molar-refractivity contribution in [3.05, 3.63) is 0 Å². The monoisotopic (exact) mass is 198 g/mol. The van der Waals surface area contributed by atoms with Crippen molar-refractivity contribution in [2.45, 2.75) is 70.4 Å². The van der Waals surface area contributed by atoms with Crippen LogP contribution in [-0.4, -0.2) is 18.1 Å². The van der Waals surface area contributed by atoms with E-state index in [2.05, 4.69) is 19.2 Å². The smallest absolute Gasteiger partial charge is 0.0166 e. The zero-order chi connectivity index (χ0) is 10.4. The summed E-state index contributed by atoms with van der Waals surface area (Å²) in [5, 5.41) is 3.56. The molecule has 14 heavy (non-hydrogen) atoms. The lowest BCUT2D eigenvalue weighted by Gasteiger charge is -2.38. The van der Waals surface area contributed by atoms with Gasteiger partial charge in [0.05, 0.1) is 0 Å². The van der Waals surface area contributed by atoms with E-state index in [9.17, 15) is 0 Å². The topological polar surface area (TPSA) is 38.0 Å². The maximum absolute atomic E-state index is 6.15. The molecule has 1 aliphatic rings. The lowest BCUT2D eigenvalue weighted by Crippen LogP contribution is -2.48. The number of hydrogen-bond donors (Lipinski definition) is 2. The number of hydrogen-bond acceptors (Lipinski definition) is 2. The number of nitrogens with two attached hydrogens (primary N) is 1. The molecule has 0 radical (unpaired) electrons. The second-order valence-corrected chi connectivity index (χ2v) is 4.96. The Labute approximate surface area is 88.6 Å². The quantitative estimate of drug-likeness (QED) is 0.659. The van der Waals surface area contributed by atoms with Gasteiger partial charge in [-0.1, -0.05) is 19.8 Å². The maximum Gasteiger partial charge on any atom is 0.0166 e. The van der Waals surface area contributed by atoms with Gasteiger partial charge in [-0.05, 0) is 45.6 Å². The van der Waals surface area contributed by atoms with Gasteiger partial charge < -0.3 is 11.1 Å². The molecule has 2 heteroatoms. The summed E-state index contributed by atoms with van der Waals surface area (Å²) < 4.78 is 0. The van der Waals surface area contributed by atoms with Crippen molar-refractivity contribution in [3.8, 4) is 0 Å². The van der Waals surface area contributed by atoms with Crippen LogP contribution < -0.4 is 11.1 Å². The average Bonchev–Trinajstić information content (AvgIpc) is 2.12. The van der Waals surface area contributed by atoms with Gasteiger partial charge in [-0.15, -0.1) is 0 Å². The van der Waals surface area contributed by atoms with Gasteiger partial charge in [0.15, 0.2) is 0 Å². The molecule has 0 aliphatic heterocycles. The van der Waals surface area contributed by atoms with Crippen LogP contribution in [0.5, 0.6) is 0 Å². The van der Waals surface area contributed by atoms with E-state index < -0.39 is 0 Å². The molecule has 0 aromatic carbocycles. The first-order chi connectivity index (χ1) is 6.66. The Balaban J connectivity index is 1.97. The molecule has 0 aromatic rings. The van der Waals surface area contributed by atoms with Crippen LogP contribution in [0.3, 0.4) is 0 Å². The van der Waals surface area contributed by atoms with Crippen LogP contribution in [-0.2, 0) is 0 Å². The van der Waals surface area contributed by atoms with Crippen LogP contribution in [0.25, 0.3) is 0 Å². The Kier molecular flexibility index (Phi) is 4.90. The summed E-state index contributed by atoms with van der Waals surface area (Å²) in [6.45, 7) is 5.62. The number of unbranched alkanes of at least 4 members (excludes halogenated alkanes) is 1. The molecule has 0 bridgehead atoms. The Bertz CT molecular complexity index is 152. The molecular weight excluding hydrogens is 172 g/mol. The summed E-state index contributed by atoms with van der Waals surface area (Å²) in [7, 11) is 0. The average molecular weight is 198 g/mol. The fraction of sp³-hybridized carbons (Fsp3) is 1.00. The van der Waals surface area contributed by atoms with Crippen LogP contribution in [0.15, 0.2) is 0 Å². The van der Waals surface area contributed by atoms with Crippen molar-refractivity contribution in [3.63, 3.8) is 0 Å². The van der Waals surface area contributed by atoms with Crippen molar-refractivity contribution in [1.82, 2.24) is 5.32 Å². The van der Waals surface area contributed by atoms with Gasteiger partial charge in [0, 0.05) is 11.6 Å². The molecule has 3 N–H and O–H groups in total. The van der Waals surface area contributed by atoms with E-state index in [4.69, 9.17) is 5.73 Å². The summed E-state index contributed by atoms with van der Waals surface area (Å²) in [5.74, 6) is 0. The minimum Gasteiger partial charge on any atom is -0.325 e. The predicted octanol–water partition coefficient (Wildman–Crippen LogP) is 2.43. The highest BCUT2D eigenvalue weighted by molar-refractivity contribution is 4.92. The van der Waals surface area contributed by atoms with E-state index in [0.29, 0.717) is 6.04 Å². The summed E-state index contributed by atoms with van der Waals surface area (Å²) in [6.07, 6.45) is 8.89. The highest BCUT2D eigenvalue weighted by atomic mass is 14.9. The first-order valence-corrected chi connectivity index (χ1v) is 6.18. The van der Waals surface area contributed by atoms with E-state index in [1.165, 1.54) is 38.5 Å². The fourth-order valence-corrected chi connectivity index (χ4v) is 2.06. The highest BCUT2D eigenvalue weighted by Gasteiger charge is 2.31. The van der Waals surface area contributed by atoms with Gasteiger partial charge >= 0.3 is 0 Å². The van der Waals surface area contributed by atoms with E-state index in [1.807, 2.05) is 0 Å². The molecular formula is C12H26N2. The van der Waals surface area contributed by atoms with E-state index in [-0.39, 0.29) is 5.54 Å². The Morgan fingerprint density at radius 2 is 2.14 bits per heavy atom. The third-order valence-corrected chi connectivity index (χ3v) is 3.46. The van der Waals surface area contributed by atoms with Gasteiger partial charge in [0.1, 0.15) is 0 Å². The molecule has 84 valence electrons. The second kappa shape index (κ2) is 5.72. The van der Waals surface area contributed by atoms with Crippen molar-refractivity contribution < 1.29 is 0 Å². The van der Waals surface area contributed by atoms with Gasteiger partial charge in [0.2, 0.25) is 0 Å². The van der Waals surface area contributed by atoms with Crippen molar-refractivity contribution in [2.24, 2.45) is 5.73 Å². The minimum absolute atomic E-state index is 0.192. The van der Waals surface area contributed by atoms with Crippen LogP contribution in [0, 0.1) is 0 Å². The Morgan fingerprint density at radius 1 is 1.43 bits per heavy atom. The predicted molar refractivity (Wildman–Crippen MR) is 62.4 cm³/mol. The number of rotatable bonds is 7. The van der Waals surface area contributed by atoms with Crippen LogP contribution in [0.1, 0.15) is 58.8 Å². The molecule has 1 aliphatic carbocycles. The standard InChI is InChI=1S/C12H26N2/c1-3-4-6-11(2)14-10-9-12(13)7-5-8-12/h11,14H,3-10,13H2,1-2H3. The third-order valence-electron chi connectivity index (χ3n) is 3.46.